The van der Waals surface area contributed by atoms with Crippen molar-refractivity contribution in [1.29, 1.82) is 0 Å². The zero-order valence-corrected chi connectivity index (χ0v) is 20.7. The third kappa shape index (κ3) is 5.14. The van der Waals surface area contributed by atoms with Gasteiger partial charge in [0.15, 0.2) is 0 Å². The summed E-state index contributed by atoms with van der Waals surface area (Å²) >= 11 is 0. The molecular formula is C27H29N7O2. The van der Waals surface area contributed by atoms with Crippen molar-refractivity contribution < 1.29 is 9.53 Å². The van der Waals surface area contributed by atoms with Crippen molar-refractivity contribution in [1.82, 2.24) is 19.7 Å². The van der Waals surface area contributed by atoms with E-state index in [-0.39, 0.29) is 5.91 Å². The summed E-state index contributed by atoms with van der Waals surface area (Å²) in [7, 11) is 3.38. The minimum absolute atomic E-state index is 0.235. The topological polar surface area (TPSA) is 97.2 Å². The maximum atomic E-state index is 12.9. The van der Waals surface area contributed by atoms with E-state index in [0.717, 1.165) is 47.5 Å². The number of benzene rings is 2. The third-order valence-electron chi connectivity index (χ3n) is 6.12. The monoisotopic (exact) mass is 483 g/mol. The molecule has 0 bridgehead atoms. The minimum atomic E-state index is -0.235. The van der Waals surface area contributed by atoms with Crippen LogP contribution in [0.4, 0.5) is 23.1 Å². The van der Waals surface area contributed by atoms with Crippen LogP contribution in [-0.4, -0.2) is 45.9 Å². The number of ether oxygens (including phenoxy) is 1. The first kappa shape index (κ1) is 23.3. The first-order valence-corrected chi connectivity index (χ1v) is 12.0. The number of carbonyl (C=O) groups excluding carboxylic acids is 1. The Kier molecular flexibility index (Phi) is 6.53. The molecule has 0 saturated carbocycles. The molecular weight excluding hydrogens is 454 g/mol. The number of hydrogen-bond donors (Lipinski definition) is 2. The van der Waals surface area contributed by atoms with Gasteiger partial charge < -0.3 is 20.3 Å². The van der Waals surface area contributed by atoms with Gasteiger partial charge in [0.2, 0.25) is 5.95 Å². The number of anilines is 4. The molecule has 0 atom stereocenters. The fourth-order valence-electron chi connectivity index (χ4n) is 4.26. The second-order valence-electron chi connectivity index (χ2n) is 8.82. The highest BCUT2D eigenvalue weighted by atomic mass is 16.5. The molecule has 9 heteroatoms. The normalized spacial score (nSPS) is 13.0. The van der Waals surface area contributed by atoms with E-state index in [1.165, 1.54) is 12.8 Å². The first-order chi connectivity index (χ1) is 17.5. The van der Waals surface area contributed by atoms with E-state index in [1.807, 2.05) is 61.5 Å². The second-order valence-corrected chi connectivity index (χ2v) is 8.82. The smallest absolute Gasteiger partial charge is 0.273 e. The molecule has 5 rings (SSSR count). The lowest BCUT2D eigenvalue weighted by Crippen LogP contribution is -2.21. The van der Waals surface area contributed by atoms with Crippen LogP contribution in [0.3, 0.4) is 0 Å². The maximum absolute atomic E-state index is 12.9. The first-order valence-electron chi connectivity index (χ1n) is 12.0. The van der Waals surface area contributed by atoms with Crippen LogP contribution in [0.25, 0.3) is 11.3 Å². The summed E-state index contributed by atoms with van der Waals surface area (Å²) in [4.78, 5) is 24.4. The molecule has 2 aromatic heterocycles. The predicted octanol–water partition coefficient (Wildman–Crippen LogP) is 4.79. The van der Waals surface area contributed by atoms with Crippen molar-refractivity contribution in [3.63, 3.8) is 0 Å². The van der Waals surface area contributed by atoms with Crippen molar-refractivity contribution >= 4 is 29.0 Å². The quantitative estimate of drug-likeness (QED) is 0.390. The Hall–Kier alpha value is -4.40. The van der Waals surface area contributed by atoms with Crippen LogP contribution in [0.2, 0.25) is 0 Å². The standard InChI is InChI=1S/C27H29N7O2/c1-18-15-25(31-27(28-18)34-13-4-5-14-34)29-20-9-11-21(12-10-20)30-26(35)24-17-23(32-33(24)2)19-7-6-8-22(16-19)36-3/h6-12,15-17H,4-5,13-14H2,1-3H3,(H,30,35)(H,28,29,31). The third-order valence-corrected chi connectivity index (χ3v) is 6.12. The molecule has 1 fully saturated rings. The fraction of sp³-hybridized carbons (Fsp3) is 0.259. The predicted molar refractivity (Wildman–Crippen MR) is 141 cm³/mol. The van der Waals surface area contributed by atoms with Gasteiger partial charge in [0, 0.05) is 48.8 Å². The van der Waals surface area contributed by atoms with Crippen LogP contribution in [0, 0.1) is 6.92 Å². The molecule has 36 heavy (non-hydrogen) atoms. The Morgan fingerprint density at radius 1 is 0.972 bits per heavy atom. The molecule has 2 aromatic carbocycles. The molecule has 184 valence electrons. The van der Waals surface area contributed by atoms with Crippen molar-refractivity contribution in [2.24, 2.45) is 7.05 Å². The van der Waals surface area contributed by atoms with Gasteiger partial charge in [0.05, 0.1) is 12.8 Å². The van der Waals surface area contributed by atoms with E-state index in [1.54, 1.807) is 24.9 Å². The van der Waals surface area contributed by atoms with Crippen LogP contribution < -0.4 is 20.3 Å². The molecule has 0 radical (unpaired) electrons. The van der Waals surface area contributed by atoms with Gasteiger partial charge in [0.1, 0.15) is 17.3 Å². The van der Waals surface area contributed by atoms with Crippen molar-refractivity contribution in [3.8, 4) is 17.0 Å². The molecule has 1 aliphatic rings. The van der Waals surface area contributed by atoms with E-state index in [0.29, 0.717) is 17.1 Å². The van der Waals surface area contributed by atoms with Gasteiger partial charge in [-0.3, -0.25) is 9.48 Å². The summed E-state index contributed by atoms with van der Waals surface area (Å²) in [5.74, 6) is 2.02. The lowest BCUT2D eigenvalue weighted by atomic mass is 10.1. The fourth-order valence-corrected chi connectivity index (χ4v) is 4.26. The molecule has 1 amide bonds. The highest BCUT2D eigenvalue weighted by Gasteiger charge is 2.17. The Balaban J connectivity index is 1.26. The lowest BCUT2D eigenvalue weighted by Gasteiger charge is -2.17. The molecule has 4 aromatic rings. The number of aryl methyl sites for hydroxylation is 2. The van der Waals surface area contributed by atoms with Gasteiger partial charge in [-0.2, -0.15) is 10.1 Å². The number of amides is 1. The van der Waals surface area contributed by atoms with E-state index in [2.05, 4.69) is 30.6 Å². The number of aromatic nitrogens is 4. The van der Waals surface area contributed by atoms with Gasteiger partial charge in [-0.05, 0) is 62.2 Å². The van der Waals surface area contributed by atoms with Crippen molar-refractivity contribution in [3.05, 3.63) is 72.1 Å². The van der Waals surface area contributed by atoms with E-state index in [4.69, 9.17) is 4.74 Å². The molecule has 9 nitrogen and oxygen atoms in total. The van der Waals surface area contributed by atoms with Gasteiger partial charge in [-0.25, -0.2) is 4.98 Å². The number of nitrogens with zero attached hydrogens (tertiary/aromatic N) is 5. The molecule has 1 aliphatic heterocycles. The number of methoxy groups -OCH3 is 1. The van der Waals surface area contributed by atoms with E-state index >= 15 is 0 Å². The van der Waals surface area contributed by atoms with Crippen LogP contribution in [0.1, 0.15) is 29.0 Å². The maximum Gasteiger partial charge on any atom is 0.273 e. The number of rotatable bonds is 7. The zero-order chi connectivity index (χ0) is 25.1. The highest BCUT2D eigenvalue weighted by molar-refractivity contribution is 6.03. The summed E-state index contributed by atoms with van der Waals surface area (Å²) in [5.41, 5.74) is 4.52. The SMILES string of the molecule is COc1cccc(-c2cc(C(=O)Nc3ccc(Nc4cc(C)nc(N5CCCC5)n4)cc3)n(C)n2)c1. The van der Waals surface area contributed by atoms with Crippen LogP contribution in [0.5, 0.6) is 5.75 Å². The Morgan fingerprint density at radius 2 is 1.72 bits per heavy atom. The molecule has 2 N–H and O–H groups in total. The summed E-state index contributed by atoms with van der Waals surface area (Å²) < 4.78 is 6.87. The Labute approximate surface area is 210 Å². The molecule has 1 saturated heterocycles. The lowest BCUT2D eigenvalue weighted by molar-refractivity contribution is 0.101. The van der Waals surface area contributed by atoms with Crippen LogP contribution in [0.15, 0.2) is 60.7 Å². The van der Waals surface area contributed by atoms with Gasteiger partial charge in [-0.15, -0.1) is 0 Å². The van der Waals surface area contributed by atoms with Crippen LogP contribution >= 0.6 is 0 Å². The molecule has 3 heterocycles. The Morgan fingerprint density at radius 3 is 2.47 bits per heavy atom. The van der Waals surface area contributed by atoms with Gasteiger partial charge in [0.25, 0.3) is 5.91 Å². The second kappa shape index (κ2) is 10.1. The molecule has 0 aliphatic carbocycles. The minimum Gasteiger partial charge on any atom is -0.497 e. The summed E-state index contributed by atoms with van der Waals surface area (Å²) in [6.45, 7) is 3.97. The van der Waals surface area contributed by atoms with Crippen molar-refractivity contribution in [2.75, 3.05) is 35.7 Å². The number of nitrogens with one attached hydrogen (secondary N) is 2. The summed E-state index contributed by atoms with van der Waals surface area (Å²) in [6.07, 6.45) is 2.35. The zero-order valence-electron chi connectivity index (χ0n) is 20.7. The average molecular weight is 484 g/mol. The van der Waals surface area contributed by atoms with Crippen molar-refractivity contribution in [2.45, 2.75) is 19.8 Å². The van der Waals surface area contributed by atoms with Gasteiger partial charge >= 0.3 is 0 Å². The Bertz CT molecular complexity index is 1380. The summed E-state index contributed by atoms with van der Waals surface area (Å²) in [6, 6.07) is 18.8. The number of carbonyl (C=O) groups is 1. The van der Waals surface area contributed by atoms with Crippen LogP contribution in [-0.2, 0) is 7.05 Å². The van der Waals surface area contributed by atoms with E-state index < -0.39 is 0 Å². The highest BCUT2D eigenvalue weighted by Crippen LogP contribution is 2.25. The molecule has 0 spiro atoms. The summed E-state index contributed by atoms with van der Waals surface area (Å²) in [5, 5.41) is 10.8. The largest absolute Gasteiger partial charge is 0.497 e. The number of hydrogen-bond acceptors (Lipinski definition) is 7. The van der Waals surface area contributed by atoms with E-state index in [9.17, 15) is 4.79 Å². The average Bonchev–Trinajstić information content (AvgIpc) is 3.55. The molecule has 0 unspecified atom stereocenters. The van der Waals surface area contributed by atoms with Gasteiger partial charge in [-0.1, -0.05) is 12.1 Å².